The van der Waals surface area contributed by atoms with Crippen LogP contribution in [0, 0.1) is 5.82 Å². The summed E-state index contributed by atoms with van der Waals surface area (Å²) in [5, 5.41) is 6.18. The van der Waals surface area contributed by atoms with E-state index in [-0.39, 0.29) is 23.8 Å². The summed E-state index contributed by atoms with van der Waals surface area (Å²) in [6, 6.07) is 11.4. The van der Waals surface area contributed by atoms with E-state index in [1.807, 2.05) is 32.0 Å². The van der Waals surface area contributed by atoms with Crippen molar-refractivity contribution in [3.63, 3.8) is 0 Å². The first-order valence-electron chi connectivity index (χ1n) is 8.94. The zero-order chi connectivity index (χ0) is 19.8. The van der Waals surface area contributed by atoms with Crippen molar-refractivity contribution in [2.24, 2.45) is 0 Å². The topological polar surface area (TPSA) is 59.6 Å². The van der Waals surface area contributed by atoms with Crippen molar-refractivity contribution in [2.75, 3.05) is 20.8 Å². The highest BCUT2D eigenvalue weighted by molar-refractivity contribution is 5.81. The molecule has 146 valence electrons. The van der Waals surface area contributed by atoms with Crippen LogP contribution in [0.5, 0.6) is 11.5 Å². The molecule has 0 aliphatic carbocycles. The number of nitrogens with one attached hydrogen (secondary N) is 2. The molecule has 0 saturated carbocycles. The molecule has 0 heterocycles. The maximum absolute atomic E-state index is 12.9. The monoisotopic (exact) mass is 374 g/mol. The maximum Gasteiger partial charge on any atom is 0.236 e. The number of carbonyl (C=O) groups excluding carboxylic acids is 1. The molecule has 0 aliphatic heterocycles. The molecule has 2 aromatic carbocycles. The second-order valence-corrected chi connectivity index (χ2v) is 6.39. The largest absolute Gasteiger partial charge is 0.497 e. The van der Waals surface area contributed by atoms with E-state index in [2.05, 4.69) is 10.6 Å². The highest BCUT2D eigenvalue weighted by Crippen LogP contribution is 2.29. The van der Waals surface area contributed by atoms with Crippen LogP contribution in [0.2, 0.25) is 0 Å². The number of benzene rings is 2. The number of ether oxygens (including phenoxy) is 2. The third kappa shape index (κ3) is 5.96. The van der Waals surface area contributed by atoms with Gasteiger partial charge in [-0.1, -0.05) is 12.1 Å². The standard InChI is InChI=1S/C21H27FN2O3/c1-14(19-13-18(26-3)9-10-20(19)27-4)24-15(2)21(25)23-12-11-16-5-7-17(22)8-6-16/h5-10,13-15,24H,11-12H2,1-4H3,(H,23,25). The van der Waals surface area contributed by atoms with Gasteiger partial charge < -0.3 is 14.8 Å². The summed E-state index contributed by atoms with van der Waals surface area (Å²) in [5.74, 6) is 1.11. The Kier molecular flexibility index (Phi) is 7.61. The Morgan fingerprint density at radius 3 is 2.41 bits per heavy atom. The molecule has 0 radical (unpaired) electrons. The maximum atomic E-state index is 12.9. The lowest BCUT2D eigenvalue weighted by molar-refractivity contribution is -0.122. The Labute approximate surface area is 159 Å². The van der Waals surface area contributed by atoms with E-state index >= 15 is 0 Å². The van der Waals surface area contributed by atoms with Gasteiger partial charge in [-0.2, -0.15) is 0 Å². The van der Waals surface area contributed by atoms with E-state index < -0.39 is 0 Å². The molecule has 0 aliphatic rings. The van der Waals surface area contributed by atoms with Gasteiger partial charge in [0, 0.05) is 18.2 Å². The van der Waals surface area contributed by atoms with Gasteiger partial charge in [0.1, 0.15) is 17.3 Å². The number of carbonyl (C=O) groups is 1. The smallest absolute Gasteiger partial charge is 0.236 e. The summed E-state index contributed by atoms with van der Waals surface area (Å²) >= 11 is 0. The van der Waals surface area contributed by atoms with Gasteiger partial charge in [-0.25, -0.2) is 4.39 Å². The van der Waals surface area contributed by atoms with Gasteiger partial charge in [0.25, 0.3) is 0 Å². The number of amides is 1. The highest BCUT2D eigenvalue weighted by atomic mass is 19.1. The summed E-state index contributed by atoms with van der Waals surface area (Å²) < 4.78 is 23.6. The number of halogens is 1. The van der Waals surface area contributed by atoms with Gasteiger partial charge in [0.15, 0.2) is 0 Å². The van der Waals surface area contributed by atoms with Crippen LogP contribution in [-0.2, 0) is 11.2 Å². The molecule has 2 rings (SSSR count). The third-order valence-electron chi connectivity index (χ3n) is 4.42. The van der Waals surface area contributed by atoms with Gasteiger partial charge in [-0.05, 0) is 56.2 Å². The van der Waals surface area contributed by atoms with Crippen molar-refractivity contribution in [1.29, 1.82) is 0 Å². The molecule has 2 unspecified atom stereocenters. The summed E-state index contributed by atoms with van der Waals surface area (Å²) in [5.41, 5.74) is 1.90. The third-order valence-corrected chi connectivity index (χ3v) is 4.42. The molecule has 0 fully saturated rings. The number of rotatable bonds is 9. The van der Waals surface area contributed by atoms with Gasteiger partial charge in [0.2, 0.25) is 5.91 Å². The van der Waals surface area contributed by atoms with Crippen LogP contribution in [0.25, 0.3) is 0 Å². The lowest BCUT2D eigenvalue weighted by atomic mass is 10.1. The molecule has 0 bridgehead atoms. The predicted molar refractivity (Wildman–Crippen MR) is 104 cm³/mol. The van der Waals surface area contributed by atoms with E-state index in [4.69, 9.17) is 9.47 Å². The van der Waals surface area contributed by atoms with Crippen molar-refractivity contribution in [1.82, 2.24) is 10.6 Å². The average molecular weight is 374 g/mol. The minimum atomic E-state index is -0.385. The quantitative estimate of drug-likeness (QED) is 0.707. The fraction of sp³-hybridized carbons (Fsp3) is 0.381. The van der Waals surface area contributed by atoms with E-state index in [0.29, 0.717) is 13.0 Å². The zero-order valence-corrected chi connectivity index (χ0v) is 16.2. The Morgan fingerprint density at radius 2 is 1.78 bits per heavy atom. The van der Waals surface area contributed by atoms with Crippen molar-refractivity contribution >= 4 is 5.91 Å². The van der Waals surface area contributed by atoms with Crippen LogP contribution in [0.3, 0.4) is 0 Å². The van der Waals surface area contributed by atoms with Gasteiger partial charge in [-0.3, -0.25) is 10.1 Å². The molecular weight excluding hydrogens is 347 g/mol. The molecule has 2 N–H and O–H groups in total. The van der Waals surface area contributed by atoms with Crippen LogP contribution >= 0.6 is 0 Å². The van der Waals surface area contributed by atoms with E-state index in [9.17, 15) is 9.18 Å². The molecule has 0 aromatic heterocycles. The lowest BCUT2D eigenvalue weighted by Crippen LogP contribution is -2.43. The highest BCUT2D eigenvalue weighted by Gasteiger charge is 2.19. The van der Waals surface area contributed by atoms with Gasteiger partial charge >= 0.3 is 0 Å². The second-order valence-electron chi connectivity index (χ2n) is 6.39. The van der Waals surface area contributed by atoms with Crippen LogP contribution in [0.15, 0.2) is 42.5 Å². The molecule has 0 spiro atoms. The Hall–Kier alpha value is -2.60. The van der Waals surface area contributed by atoms with E-state index in [1.165, 1.54) is 12.1 Å². The van der Waals surface area contributed by atoms with Crippen molar-refractivity contribution < 1.29 is 18.7 Å². The van der Waals surface area contributed by atoms with E-state index in [1.54, 1.807) is 26.4 Å². The average Bonchev–Trinajstić information content (AvgIpc) is 2.68. The molecular formula is C21H27FN2O3. The summed E-state index contributed by atoms with van der Waals surface area (Å²) in [6.07, 6.45) is 0.651. The van der Waals surface area contributed by atoms with Gasteiger partial charge in [-0.15, -0.1) is 0 Å². The summed E-state index contributed by atoms with van der Waals surface area (Å²) in [6.45, 7) is 4.28. The number of hydrogen-bond acceptors (Lipinski definition) is 4. The molecule has 2 atom stereocenters. The van der Waals surface area contributed by atoms with Crippen molar-refractivity contribution in [3.05, 3.63) is 59.4 Å². The fourth-order valence-electron chi connectivity index (χ4n) is 2.85. The second kappa shape index (κ2) is 9.92. The SMILES string of the molecule is COc1ccc(OC)c(C(C)NC(C)C(=O)NCCc2ccc(F)cc2)c1. The zero-order valence-electron chi connectivity index (χ0n) is 16.2. The predicted octanol–water partition coefficient (Wildman–Crippen LogP) is 3.24. The Morgan fingerprint density at radius 1 is 1.07 bits per heavy atom. The molecule has 0 saturated heterocycles. The Balaban J connectivity index is 1.88. The van der Waals surface area contributed by atoms with Crippen molar-refractivity contribution in [3.8, 4) is 11.5 Å². The first-order valence-corrected chi connectivity index (χ1v) is 8.94. The number of methoxy groups -OCH3 is 2. The van der Waals surface area contributed by atoms with Crippen LogP contribution < -0.4 is 20.1 Å². The molecule has 1 amide bonds. The molecule has 2 aromatic rings. The summed E-state index contributed by atoms with van der Waals surface area (Å²) in [7, 11) is 3.23. The van der Waals surface area contributed by atoms with Gasteiger partial charge in [0.05, 0.1) is 20.3 Å². The first kappa shape index (κ1) is 20.7. The normalized spacial score (nSPS) is 12.9. The Bertz CT molecular complexity index is 750. The molecule has 27 heavy (non-hydrogen) atoms. The van der Waals surface area contributed by atoms with Crippen molar-refractivity contribution in [2.45, 2.75) is 32.4 Å². The van der Waals surface area contributed by atoms with E-state index in [0.717, 1.165) is 22.6 Å². The van der Waals surface area contributed by atoms with Crippen LogP contribution in [-0.4, -0.2) is 32.7 Å². The number of hydrogen-bond donors (Lipinski definition) is 2. The molecule has 5 nitrogen and oxygen atoms in total. The molecule has 6 heteroatoms. The lowest BCUT2D eigenvalue weighted by Gasteiger charge is -2.22. The minimum Gasteiger partial charge on any atom is -0.497 e. The summed E-state index contributed by atoms with van der Waals surface area (Å²) in [4.78, 5) is 12.3. The fourth-order valence-corrected chi connectivity index (χ4v) is 2.85. The van der Waals surface area contributed by atoms with Crippen LogP contribution in [0.4, 0.5) is 4.39 Å². The first-order chi connectivity index (χ1) is 12.9. The van der Waals surface area contributed by atoms with Crippen LogP contribution in [0.1, 0.15) is 31.0 Å². The minimum absolute atomic E-state index is 0.0918.